The number of carboxylic acid groups (broad SMARTS) is 1. The van der Waals surface area contributed by atoms with Crippen molar-refractivity contribution < 1.29 is 14.3 Å². The zero-order valence-corrected chi connectivity index (χ0v) is 13.1. The van der Waals surface area contributed by atoms with E-state index in [0.29, 0.717) is 6.42 Å². The molecule has 3 nitrogen and oxygen atoms in total. The minimum absolute atomic E-state index is 0.0395. The van der Waals surface area contributed by atoms with Crippen molar-refractivity contribution in [3.63, 3.8) is 0 Å². The van der Waals surface area contributed by atoms with Crippen LogP contribution in [0.3, 0.4) is 0 Å². The summed E-state index contributed by atoms with van der Waals surface area (Å²) < 4.78 is 15.4. The highest BCUT2D eigenvalue weighted by Crippen LogP contribution is 2.33. The van der Waals surface area contributed by atoms with Gasteiger partial charge >= 0.3 is 5.97 Å². The van der Waals surface area contributed by atoms with Crippen LogP contribution in [-0.4, -0.2) is 15.6 Å². The first kappa shape index (κ1) is 15.5. The average Bonchev–Trinajstić information content (AvgIpc) is 2.87. The van der Waals surface area contributed by atoms with Crippen molar-refractivity contribution in [2.75, 3.05) is 0 Å². The molecule has 120 valence electrons. The van der Waals surface area contributed by atoms with Crippen LogP contribution in [0.4, 0.5) is 4.39 Å². The summed E-state index contributed by atoms with van der Waals surface area (Å²) in [5, 5.41) is 9.05. The molecule has 2 aromatic rings. The Balaban J connectivity index is 1.99. The summed E-state index contributed by atoms with van der Waals surface area (Å²) in [6, 6.07) is 8.56. The molecule has 0 radical (unpaired) electrons. The first-order chi connectivity index (χ1) is 11.1. The first-order valence-corrected chi connectivity index (χ1v) is 7.86. The van der Waals surface area contributed by atoms with Gasteiger partial charge in [0.1, 0.15) is 5.82 Å². The number of nitrogens with zero attached hydrogens (tertiary/aromatic N) is 1. The van der Waals surface area contributed by atoms with E-state index in [-0.39, 0.29) is 18.2 Å². The normalized spacial score (nSPS) is 14.5. The van der Waals surface area contributed by atoms with Crippen LogP contribution in [0.1, 0.15) is 41.3 Å². The smallest absolute Gasteiger partial charge is 0.303 e. The fourth-order valence-corrected chi connectivity index (χ4v) is 3.36. The van der Waals surface area contributed by atoms with E-state index in [1.54, 1.807) is 12.1 Å². The highest BCUT2D eigenvalue weighted by atomic mass is 19.1. The van der Waals surface area contributed by atoms with E-state index >= 15 is 0 Å². The SMILES string of the molecule is Cn1c(C(CCC(=O)O)c2ccc(F)cc2)cc2c1CC=CC2. The largest absolute Gasteiger partial charge is 0.481 e. The van der Waals surface area contributed by atoms with Gasteiger partial charge in [-0.05, 0) is 42.2 Å². The Hall–Kier alpha value is -2.36. The Kier molecular flexibility index (Phi) is 4.33. The Labute approximate surface area is 135 Å². The van der Waals surface area contributed by atoms with Crippen LogP contribution in [0, 0.1) is 5.82 Å². The van der Waals surface area contributed by atoms with E-state index in [1.165, 1.54) is 23.4 Å². The number of benzene rings is 1. The minimum atomic E-state index is -0.808. The lowest BCUT2D eigenvalue weighted by Crippen LogP contribution is -2.11. The molecule has 1 aliphatic rings. The molecule has 1 N–H and O–H groups in total. The van der Waals surface area contributed by atoms with Gasteiger partial charge in [0.15, 0.2) is 0 Å². The molecule has 0 fully saturated rings. The molecule has 1 atom stereocenters. The van der Waals surface area contributed by atoms with Crippen LogP contribution in [0.15, 0.2) is 42.5 Å². The van der Waals surface area contributed by atoms with Crippen molar-refractivity contribution in [1.82, 2.24) is 4.57 Å². The Morgan fingerprint density at radius 3 is 2.61 bits per heavy atom. The molecule has 0 aliphatic heterocycles. The fraction of sp³-hybridized carbons (Fsp3) is 0.316. The standard InChI is InChI=1S/C19H20FNO2/c1-21-17-5-3-2-4-14(17)12-18(21)16(10-11-19(22)23)13-6-8-15(20)9-7-13/h2-3,6-9,12,16H,4-5,10-11H2,1H3,(H,22,23). The van der Waals surface area contributed by atoms with E-state index in [0.717, 1.165) is 24.1 Å². The molecule has 23 heavy (non-hydrogen) atoms. The monoisotopic (exact) mass is 313 g/mol. The van der Waals surface area contributed by atoms with Crippen LogP contribution in [0.5, 0.6) is 0 Å². The third-order valence-electron chi connectivity index (χ3n) is 4.58. The number of carbonyl (C=O) groups is 1. The van der Waals surface area contributed by atoms with E-state index in [2.05, 4.69) is 22.8 Å². The molecule has 1 aliphatic carbocycles. The van der Waals surface area contributed by atoms with Gasteiger partial charge in [-0.2, -0.15) is 0 Å². The van der Waals surface area contributed by atoms with Gasteiger partial charge in [0.25, 0.3) is 0 Å². The number of fused-ring (bicyclic) bond motifs is 1. The Morgan fingerprint density at radius 1 is 1.26 bits per heavy atom. The van der Waals surface area contributed by atoms with Gasteiger partial charge in [0, 0.05) is 37.2 Å². The van der Waals surface area contributed by atoms with Gasteiger partial charge in [-0.25, -0.2) is 4.39 Å². The fourth-order valence-electron chi connectivity index (χ4n) is 3.36. The molecule has 0 saturated carbocycles. The summed E-state index contributed by atoms with van der Waals surface area (Å²) in [6.45, 7) is 0. The van der Waals surface area contributed by atoms with Crippen LogP contribution in [-0.2, 0) is 24.7 Å². The molecular formula is C19H20FNO2. The first-order valence-electron chi connectivity index (χ1n) is 7.86. The highest BCUT2D eigenvalue weighted by Gasteiger charge is 2.22. The summed E-state index contributed by atoms with van der Waals surface area (Å²) in [4.78, 5) is 11.0. The predicted octanol–water partition coefficient (Wildman–Crippen LogP) is 3.82. The molecule has 0 amide bonds. The van der Waals surface area contributed by atoms with Gasteiger partial charge in [-0.15, -0.1) is 0 Å². The molecule has 4 heteroatoms. The van der Waals surface area contributed by atoms with Gasteiger partial charge in [0.05, 0.1) is 0 Å². The van der Waals surface area contributed by atoms with E-state index in [1.807, 2.05) is 7.05 Å². The Morgan fingerprint density at radius 2 is 1.96 bits per heavy atom. The molecule has 1 aromatic heterocycles. The van der Waals surface area contributed by atoms with Gasteiger partial charge in [-0.1, -0.05) is 24.3 Å². The number of halogens is 1. The third-order valence-corrected chi connectivity index (χ3v) is 4.58. The van der Waals surface area contributed by atoms with Crippen LogP contribution in [0.2, 0.25) is 0 Å². The summed E-state index contributed by atoms with van der Waals surface area (Å²) in [5.74, 6) is -1.12. The van der Waals surface area contributed by atoms with Crippen LogP contribution in [0.25, 0.3) is 0 Å². The molecule has 0 saturated heterocycles. The van der Waals surface area contributed by atoms with E-state index in [9.17, 15) is 9.18 Å². The van der Waals surface area contributed by atoms with Crippen LogP contribution < -0.4 is 0 Å². The van der Waals surface area contributed by atoms with Gasteiger partial charge < -0.3 is 9.67 Å². The average molecular weight is 313 g/mol. The van der Waals surface area contributed by atoms with Crippen molar-refractivity contribution in [1.29, 1.82) is 0 Å². The molecule has 1 aromatic carbocycles. The summed E-state index contributed by atoms with van der Waals surface area (Å²) in [6.07, 6.45) is 6.74. The number of aromatic nitrogens is 1. The number of hydrogen-bond donors (Lipinski definition) is 1. The summed E-state index contributed by atoms with van der Waals surface area (Å²) >= 11 is 0. The molecule has 1 heterocycles. The number of aliphatic carboxylic acids is 1. The second kappa shape index (κ2) is 6.41. The number of carboxylic acids is 1. The van der Waals surface area contributed by atoms with Gasteiger partial charge in [0.2, 0.25) is 0 Å². The topological polar surface area (TPSA) is 42.2 Å². The lowest BCUT2D eigenvalue weighted by molar-refractivity contribution is -0.137. The highest BCUT2D eigenvalue weighted by molar-refractivity contribution is 5.66. The van der Waals surface area contributed by atoms with Crippen molar-refractivity contribution in [2.24, 2.45) is 7.05 Å². The van der Waals surface area contributed by atoms with Crippen molar-refractivity contribution in [2.45, 2.75) is 31.6 Å². The van der Waals surface area contributed by atoms with E-state index in [4.69, 9.17) is 5.11 Å². The summed E-state index contributed by atoms with van der Waals surface area (Å²) in [5.41, 5.74) is 4.64. The number of hydrogen-bond acceptors (Lipinski definition) is 1. The maximum Gasteiger partial charge on any atom is 0.303 e. The van der Waals surface area contributed by atoms with Crippen molar-refractivity contribution in [3.05, 3.63) is 70.8 Å². The van der Waals surface area contributed by atoms with Crippen molar-refractivity contribution >= 4 is 5.97 Å². The zero-order valence-electron chi connectivity index (χ0n) is 13.1. The second-order valence-corrected chi connectivity index (χ2v) is 6.02. The zero-order chi connectivity index (χ0) is 16.4. The molecule has 1 unspecified atom stereocenters. The third kappa shape index (κ3) is 3.21. The van der Waals surface area contributed by atoms with Gasteiger partial charge in [-0.3, -0.25) is 4.79 Å². The molecule has 0 bridgehead atoms. The number of rotatable bonds is 5. The van der Waals surface area contributed by atoms with Crippen molar-refractivity contribution in [3.8, 4) is 0 Å². The maximum atomic E-state index is 13.2. The van der Waals surface area contributed by atoms with Crippen LogP contribution >= 0.6 is 0 Å². The van der Waals surface area contributed by atoms with E-state index < -0.39 is 5.97 Å². The maximum absolute atomic E-state index is 13.2. The predicted molar refractivity (Wildman–Crippen MR) is 87.1 cm³/mol. The lowest BCUT2D eigenvalue weighted by Gasteiger charge is -2.19. The molecule has 3 rings (SSSR count). The lowest BCUT2D eigenvalue weighted by atomic mass is 9.90. The number of allylic oxidation sites excluding steroid dienone is 2. The minimum Gasteiger partial charge on any atom is -0.481 e. The second-order valence-electron chi connectivity index (χ2n) is 6.02. The summed E-state index contributed by atoms with van der Waals surface area (Å²) in [7, 11) is 2.03. The quantitative estimate of drug-likeness (QED) is 0.853. The molecule has 0 spiro atoms. The Bertz CT molecular complexity index is 743. The molecular weight excluding hydrogens is 293 g/mol.